The lowest BCUT2D eigenvalue weighted by atomic mass is 9.78. The van der Waals surface area contributed by atoms with Gasteiger partial charge in [-0.25, -0.2) is 9.50 Å². The van der Waals surface area contributed by atoms with E-state index in [1.807, 2.05) is 10.7 Å². The molecule has 3 N–H and O–H groups in total. The molecule has 0 bridgehead atoms. The maximum absolute atomic E-state index is 11.5. The number of fused-ring (bicyclic) bond motifs is 1. The van der Waals surface area contributed by atoms with E-state index in [4.69, 9.17) is 5.73 Å². The molecular formula is C21H32N6O. The van der Waals surface area contributed by atoms with E-state index in [2.05, 4.69) is 40.5 Å². The van der Waals surface area contributed by atoms with Gasteiger partial charge in [0.15, 0.2) is 5.82 Å². The third-order valence-electron chi connectivity index (χ3n) is 6.82. The Bertz CT molecular complexity index is 815. The molecule has 0 atom stereocenters. The van der Waals surface area contributed by atoms with Crippen LogP contribution >= 0.6 is 0 Å². The maximum Gasteiger partial charge on any atom is 0.220 e. The third kappa shape index (κ3) is 3.85. The molecular weight excluding hydrogens is 352 g/mol. The molecule has 2 saturated carbocycles. The van der Waals surface area contributed by atoms with Gasteiger partial charge in [-0.3, -0.25) is 4.79 Å². The summed E-state index contributed by atoms with van der Waals surface area (Å²) in [7, 11) is 4.35. The van der Waals surface area contributed by atoms with Crippen LogP contribution in [0.15, 0.2) is 18.6 Å². The Morgan fingerprint density at radius 2 is 1.86 bits per heavy atom. The molecule has 4 rings (SSSR count). The molecule has 0 aromatic carbocycles. The van der Waals surface area contributed by atoms with Gasteiger partial charge < -0.3 is 16.0 Å². The van der Waals surface area contributed by atoms with Crippen molar-refractivity contribution >= 4 is 17.2 Å². The lowest BCUT2D eigenvalue weighted by Gasteiger charge is -2.33. The minimum Gasteiger partial charge on any atom is -0.369 e. The SMILES string of the molecule is CN(C)C1CCC(Nc2ncnn3ccc(C4CCC(C(N)=O)CC4)c23)CC1. The van der Waals surface area contributed by atoms with E-state index in [1.54, 1.807) is 6.33 Å². The van der Waals surface area contributed by atoms with Gasteiger partial charge in [0.05, 0.1) is 0 Å². The highest BCUT2D eigenvalue weighted by molar-refractivity contribution is 5.77. The van der Waals surface area contributed by atoms with E-state index in [-0.39, 0.29) is 11.8 Å². The summed E-state index contributed by atoms with van der Waals surface area (Å²) in [6.07, 6.45) is 12.2. The molecule has 0 aliphatic heterocycles. The van der Waals surface area contributed by atoms with Gasteiger partial charge in [-0.1, -0.05) is 0 Å². The van der Waals surface area contributed by atoms with E-state index in [1.165, 1.54) is 31.2 Å². The Labute approximate surface area is 166 Å². The zero-order valence-corrected chi connectivity index (χ0v) is 17.0. The first kappa shape index (κ1) is 19.2. The van der Waals surface area contributed by atoms with Gasteiger partial charge in [-0.05, 0) is 83.0 Å². The summed E-state index contributed by atoms with van der Waals surface area (Å²) in [5.74, 6) is 1.27. The highest BCUT2D eigenvalue weighted by Gasteiger charge is 2.29. The number of anilines is 1. The van der Waals surface area contributed by atoms with Crippen LogP contribution in [0.1, 0.15) is 62.8 Å². The zero-order chi connectivity index (χ0) is 19.7. The summed E-state index contributed by atoms with van der Waals surface area (Å²) in [6.45, 7) is 0. The average Bonchev–Trinajstić information content (AvgIpc) is 3.14. The summed E-state index contributed by atoms with van der Waals surface area (Å²) in [5, 5.41) is 8.13. The third-order valence-corrected chi connectivity index (χ3v) is 6.82. The molecule has 2 aliphatic rings. The Kier molecular flexibility index (Phi) is 5.53. The Hall–Kier alpha value is -2.15. The van der Waals surface area contributed by atoms with E-state index in [9.17, 15) is 4.79 Å². The standard InChI is InChI=1S/C21H32N6O/c1-26(2)17-9-7-16(8-10-17)25-21-19-18(11-12-27(19)24-13-23-21)14-3-5-15(6-4-14)20(22)28/h11-17H,3-10H2,1-2H3,(H2,22,28)(H,23,24,25). The molecule has 0 saturated heterocycles. The summed E-state index contributed by atoms with van der Waals surface area (Å²) >= 11 is 0. The van der Waals surface area contributed by atoms with Crippen LogP contribution in [0.25, 0.3) is 5.52 Å². The number of hydrogen-bond donors (Lipinski definition) is 2. The van der Waals surface area contributed by atoms with Crippen LogP contribution in [0.3, 0.4) is 0 Å². The van der Waals surface area contributed by atoms with Crippen molar-refractivity contribution in [3.05, 3.63) is 24.2 Å². The first-order valence-electron chi connectivity index (χ1n) is 10.6. The van der Waals surface area contributed by atoms with Gasteiger partial charge >= 0.3 is 0 Å². The maximum atomic E-state index is 11.5. The minimum atomic E-state index is -0.154. The van der Waals surface area contributed by atoms with Crippen LogP contribution in [0.2, 0.25) is 0 Å². The molecule has 0 radical (unpaired) electrons. The lowest BCUT2D eigenvalue weighted by molar-refractivity contribution is -0.122. The quantitative estimate of drug-likeness (QED) is 0.827. The molecule has 152 valence electrons. The number of carbonyl (C=O) groups is 1. The second-order valence-corrected chi connectivity index (χ2v) is 8.74. The van der Waals surface area contributed by atoms with Crippen LogP contribution in [0.4, 0.5) is 5.82 Å². The summed E-state index contributed by atoms with van der Waals surface area (Å²) in [4.78, 5) is 18.4. The fourth-order valence-electron chi connectivity index (χ4n) is 5.03. The van der Waals surface area contributed by atoms with Gasteiger partial charge in [-0.2, -0.15) is 5.10 Å². The molecule has 2 aromatic heterocycles. The molecule has 2 aliphatic carbocycles. The minimum absolute atomic E-state index is 0.0332. The van der Waals surface area contributed by atoms with Crippen LogP contribution in [0.5, 0.6) is 0 Å². The lowest BCUT2D eigenvalue weighted by Crippen LogP contribution is -2.36. The molecule has 7 nitrogen and oxygen atoms in total. The number of carbonyl (C=O) groups excluding carboxylic acids is 1. The van der Waals surface area contributed by atoms with Crippen molar-refractivity contribution in [3.8, 4) is 0 Å². The van der Waals surface area contributed by atoms with Crippen LogP contribution in [-0.2, 0) is 4.79 Å². The molecule has 2 fully saturated rings. The number of rotatable bonds is 5. The first-order valence-corrected chi connectivity index (χ1v) is 10.6. The molecule has 28 heavy (non-hydrogen) atoms. The van der Waals surface area contributed by atoms with E-state index >= 15 is 0 Å². The summed E-state index contributed by atoms with van der Waals surface area (Å²) < 4.78 is 1.94. The summed E-state index contributed by atoms with van der Waals surface area (Å²) in [5.41, 5.74) is 7.90. The fraction of sp³-hybridized carbons (Fsp3) is 0.667. The van der Waals surface area contributed by atoms with E-state index < -0.39 is 0 Å². The Balaban J connectivity index is 1.51. The smallest absolute Gasteiger partial charge is 0.220 e. The van der Waals surface area contributed by atoms with Crippen molar-refractivity contribution in [2.24, 2.45) is 11.7 Å². The highest BCUT2D eigenvalue weighted by Crippen LogP contribution is 2.39. The molecule has 0 unspecified atom stereocenters. The average molecular weight is 385 g/mol. The monoisotopic (exact) mass is 384 g/mol. The van der Waals surface area contributed by atoms with Crippen molar-refractivity contribution in [1.82, 2.24) is 19.5 Å². The van der Waals surface area contributed by atoms with Crippen LogP contribution < -0.4 is 11.1 Å². The number of nitrogens with two attached hydrogens (primary N) is 1. The summed E-state index contributed by atoms with van der Waals surface area (Å²) in [6, 6.07) is 3.32. The Morgan fingerprint density at radius 1 is 1.14 bits per heavy atom. The zero-order valence-electron chi connectivity index (χ0n) is 17.0. The molecule has 2 heterocycles. The number of nitrogens with one attached hydrogen (secondary N) is 1. The molecule has 0 spiro atoms. The van der Waals surface area contributed by atoms with Crippen molar-refractivity contribution < 1.29 is 4.79 Å². The predicted octanol–water partition coefficient (Wildman–Crippen LogP) is 2.77. The second kappa shape index (κ2) is 8.07. The molecule has 2 aromatic rings. The fourth-order valence-corrected chi connectivity index (χ4v) is 5.03. The van der Waals surface area contributed by atoms with Crippen molar-refractivity contribution in [1.29, 1.82) is 0 Å². The number of hydrogen-bond acceptors (Lipinski definition) is 5. The van der Waals surface area contributed by atoms with Gasteiger partial charge in [-0.15, -0.1) is 0 Å². The Morgan fingerprint density at radius 3 is 2.50 bits per heavy atom. The number of aromatic nitrogens is 3. The van der Waals surface area contributed by atoms with E-state index in [0.717, 1.165) is 37.0 Å². The largest absolute Gasteiger partial charge is 0.369 e. The van der Waals surface area contributed by atoms with E-state index in [0.29, 0.717) is 18.0 Å². The van der Waals surface area contributed by atoms with Crippen molar-refractivity contribution in [2.75, 3.05) is 19.4 Å². The van der Waals surface area contributed by atoms with Crippen LogP contribution in [0, 0.1) is 5.92 Å². The number of amides is 1. The number of nitrogens with zero attached hydrogens (tertiary/aromatic N) is 4. The van der Waals surface area contributed by atoms with Gasteiger partial charge in [0, 0.05) is 24.2 Å². The van der Waals surface area contributed by atoms with Gasteiger partial charge in [0.1, 0.15) is 11.8 Å². The highest BCUT2D eigenvalue weighted by atomic mass is 16.1. The topological polar surface area (TPSA) is 88.5 Å². The van der Waals surface area contributed by atoms with Gasteiger partial charge in [0.25, 0.3) is 0 Å². The normalized spacial score (nSPS) is 28.5. The van der Waals surface area contributed by atoms with Crippen LogP contribution in [-0.4, -0.2) is 51.6 Å². The predicted molar refractivity (Wildman–Crippen MR) is 110 cm³/mol. The van der Waals surface area contributed by atoms with Crippen molar-refractivity contribution in [2.45, 2.75) is 69.4 Å². The molecule has 1 amide bonds. The first-order chi connectivity index (χ1) is 13.5. The second-order valence-electron chi connectivity index (χ2n) is 8.74. The van der Waals surface area contributed by atoms with Gasteiger partial charge in [0.2, 0.25) is 5.91 Å². The number of primary amides is 1. The van der Waals surface area contributed by atoms with Crippen molar-refractivity contribution in [3.63, 3.8) is 0 Å². The molecule has 7 heteroatoms.